The van der Waals surface area contributed by atoms with Crippen molar-refractivity contribution in [3.8, 4) is 0 Å². The molecule has 2 atom stereocenters. The summed E-state index contributed by atoms with van der Waals surface area (Å²) in [6.07, 6.45) is 4.00. The second-order valence-corrected chi connectivity index (χ2v) is 9.30. The van der Waals surface area contributed by atoms with Gasteiger partial charge < -0.3 is 26.2 Å². The molecule has 0 aromatic carbocycles. The number of hydrogen-bond donors (Lipinski definition) is 2. The predicted molar refractivity (Wildman–Crippen MR) is 121 cm³/mol. The third-order valence-corrected chi connectivity index (χ3v) is 7.12. The molecule has 1 unspecified atom stereocenters. The summed E-state index contributed by atoms with van der Waals surface area (Å²) >= 11 is 2.02. The van der Waals surface area contributed by atoms with Gasteiger partial charge in [0.2, 0.25) is 22.9 Å². The number of hydrogen-bond acceptors (Lipinski definition) is 12. The number of nitrogens with two attached hydrogens (primary N) is 2. The largest absolute Gasteiger partial charge is 0.543 e. The molecule has 2 aliphatic rings. The van der Waals surface area contributed by atoms with Crippen LogP contribution in [0.5, 0.6) is 0 Å². The van der Waals surface area contributed by atoms with E-state index >= 15 is 0 Å². The molecule has 1 fully saturated rings. The van der Waals surface area contributed by atoms with E-state index in [-0.39, 0.29) is 46.8 Å². The van der Waals surface area contributed by atoms with Crippen LogP contribution in [0.15, 0.2) is 41.0 Å². The topological polar surface area (TPSA) is 201 Å². The number of carboxylic acid groups (broad SMARTS) is 1. The van der Waals surface area contributed by atoms with Crippen LogP contribution in [0.4, 0.5) is 11.1 Å². The Morgan fingerprint density at radius 1 is 1.40 bits per heavy atom. The van der Waals surface area contributed by atoms with Crippen molar-refractivity contribution in [2.24, 2.45) is 10.9 Å². The zero-order chi connectivity index (χ0) is 25.3. The molecule has 0 bridgehead atoms. The Morgan fingerprint density at radius 3 is 2.66 bits per heavy atom. The number of fused-ring (bicyclic) bond motifs is 1. The molecule has 4 rings (SSSR count). The van der Waals surface area contributed by atoms with E-state index in [0.717, 1.165) is 27.5 Å². The second-order valence-electron chi connectivity index (χ2n) is 7.25. The lowest BCUT2D eigenvalue weighted by molar-refractivity contribution is -0.689. The van der Waals surface area contributed by atoms with Crippen LogP contribution in [-0.2, 0) is 25.8 Å². The Bertz CT molecular complexity index is 1260. The van der Waals surface area contributed by atoms with Gasteiger partial charge in [-0.3, -0.25) is 24.2 Å². The van der Waals surface area contributed by atoms with E-state index in [1.807, 2.05) is 0 Å². The summed E-state index contributed by atoms with van der Waals surface area (Å²) < 4.78 is 5.68. The molecule has 14 nitrogen and oxygen atoms in total. The Kier molecular flexibility index (Phi) is 6.65. The maximum absolute atomic E-state index is 13.1. The Morgan fingerprint density at radius 2 is 2.11 bits per heavy atom. The maximum Gasteiger partial charge on any atom is 0.276 e. The highest BCUT2D eigenvalue weighted by atomic mass is 32.2. The predicted octanol–water partition coefficient (Wildman–Crippen LogP) is -2.19. The molecule has 3 amide bonds. The molecule has 182 valence electrons. The smallest absolute Gasteiger partial charge is 0.276 e. The van der Waals surface area contributed by atoms with Gasteiger partial charge in [0.1, 0.15) is 18.7 Å². The molecule has 35 heavy (non-hydrogen) atoms. The summed E-state index contributed by atoms with van der Waals surface area (Å²) in [5.41, 5.74) is 11.1. The fourth-order valence-electron chi connectivity index (χ4n) is 3.59. The summed E-state index contributed by atoms with van der Waals surface area (Å²) in [4.78, 5) is 60.0. The van der Waals surface area contributed by atoms with Crippen LogP contribution in [0.1, 0.15) is 16.8 Å². The minimum absolute atomic E-state index is 0.0686. The summed E-state index contributed by atoms with van der Waals surface area (Å²) in [5.74, 6) is -3.37. The van der Waals surface area contributed by atoms with E-state index in [9.17, 15) is 24.3 Å². The first-order valence-corrected chi connectivity index (χ1v) is 11.6. The van der Waals surface area contributed by atoms with Gasteiger partial charge in [-0.15, -0.1) is 11.8 Å². The molecule has 0 radical (unpaired) electrons. The number of carbonyl (C=O) groups is 4. The number of aromatic nitrogens is 3. The third kappa shape index (κ3) is 4.65. The number of pyridine rings is 1. The molecule has 1 saturated heterocycles. The molecular formula is C19H18N8O6S2. The van der Waals surface area contributed by atoms with Gasteiger partial charge in [-0.05, 0) is 0 Å². The number of β-lactam (4-membered cyclic amide) rings is 1. The van der Waals surface area contributed by atoms with Crippen LogP contribution >= 0.6 is 23.3 Å². The fraction of sp³-hybridized carbons (Fsp3) is 0.263. The van der Waals surface area contributed by atoms with Crippen LogP contribution in [-0.4, -0.2) is 62.0 Å². The van der Waals surface area contributed by atoms with Crippen LogP contribution in [0.3, 0.4) is 0 Å². The summed E-state index contributed by atoms with van der Waals surface area (Å²) in [7, 11) is 1.26. The number of rotatable bonds is 8. The number of nitrogens with zero attached hydrogens (tertiary/aromatic N) is 6. The minimum Gasteiger partial charge on any atom is -0.543 e. The van der Waals surface area contributed by atoms with E-state index in [4.69, 9.17) is 11.5 Å². The second kappa shape index (κ2) is 9.67. The van der Waals surface area contributed by atoms with Crippen molar-refractivity contribution in [3.63, 3.8) is 0 Å². The molecule has 0 aliphatic carbocycles. The number of carbonyl (C=O) groups excluding carboxylic acids is 4. The molecular weight excluding hydrogens is 500 g/mol. The van der Waals surface area contributed by atoms with E-state index in [1.54, 1.807) is 4.57 Å². The number of aliphatic carboxylic acids is 1. The maximum atomic E-state index is 13.1. The zero-order valence-corrected chi connectivity index (χ0v) is 19.7. The van der Waals surface area contributed by atoms with Gasteiger partial charge >= 0.3 is 0 Å². The number of nitrogen functional groups attached to an aromatic ring is 1. The summed E-state index contributed by atoms with van der Waals surface area (Å²) in [6, 6.07) is 2.92. The van der Waals surface area contributed by atoms with Crippen LogP contribution in [0, 0.1) is 0 Å². The van der Waals surface area contributed by atoms with Gasteiger partial charge in [-0.25, -0.2) is 4.57 Å². The van der Waals surface area contributed by atoms with Crippen molar-refractivity contribution in [1.29, 1.82) is 0 Å². The standard InChI is InChI=1S/C19H18N8O6S2/c1-33-22-7-12(29)27(19-23-18(21)35-24-19)16-10(8-25-4-2-9(3-5-25)15(20)30)14(17(31)32)26-11(28)6-13(26)34-16/h2-5,7,13,16H,6,8H2,1H3,(H4-,20,21,23,24,30,31,32)/t13-,16?/m0/s1. The molecule has 2 aromatic heterocycles. The number of anilines is 2. The van der Waals surface area contributed by atoms with Crippen LogP contribution in [0.25, 0.3) is 0 Å². The molecule has 0 spiro atoms. The van der Waals surface area contributed by atoms with Crippen molar-refractivity contribution in [2.45, 2.75) is 23.7 Å². The molecule has 4 N–H and O–H groups in total. The normalized spacial score (nSPS) is 19.3. The SMILES string of the molecule is CON=CC(=O)N(c1nsc(N)n1)C1S[C@H]2CC(=O)N2C(C(=O)[O-])=C1C[n+]1ccc(C(N)=O)cc1. The van der Waals surface area contributed by atoms with E-state index < -0.39 is 28.5 Å². The summed E-state index contributed by atoms with van der Waals surface area (Å²) in [5, 5.41) is 14.3. The van der Waals surface area contributed by atoms with Crippen LogP contribution in [0.2, 0.25) is 0 Å². The molecule has 0 saturated carbocycles. The first kappa shape index (κ1) is 24.1. The zero-order valence-electron chi connectivity index (χ0n) is 18.1. The van der Waals surface area contributed by atoms with Crippen molar-refractivity contribution in [2.75, 3.05) is 17.7 Å². The highest BCUT2D eigenvalue weighted by molar-refractivity contribution is 8.01. The Balaban J connectivity index is 1.84. The fourth-order valence-corrected chi connectivity index (χ4v) is 5.57. The van der Waals surface area contributed by atoms with Crippen molar-refractivity contribution in [3.05, 3.63) is 41.4 Å². The lowest BCUT2D eigenvalue weighted by Crippen LogP contribution is -2.60. The minimum atomic E-state index is -1.58. The van der Waals surface area contributed by atoms with Crippen LogP contribution < -0.4 is 26.0 Å². The van der Waals surface area contributed by atoms with E-state index in [2.05, 4.69) is 19.4 Å². The highest BCUT2D eigenvalue weighted by Gasteiger charge is 2.50. The number of oxime groups is 1. The average molecular weight is 519 g/mol. The first-order chi connectivity index (χ1) is 16.7. The van der Waals surface area contributed by atoms with E-state index in [0.29, 0.717) is 0 Å². The van der Waals surface area contributed by atoms with Gasteiger partial charge in [0.15, 0.2) is 18.9 Å². The third-order valence-electron chi connectivity index (χ3n) is 5.14. The Labute approximate surface area is 206 Å². The molecule has 4 heterocycles. The first-order valence-electron chi connectivity index (χ1n) is 9.91. The van der Waals surface area contributed by atoms with Crippen molar-refractivity contribution in [1.82, 2.24) is 14.3 Å². The van der Waals surface area contributed by atoms with Gasteiger partial charge in [-0.1, -0.05) is 5.16 Å². The van der Waals surface area contributed by atoms with Gasteiger partial charge in [-0.2, -0.15) is 9.36 Å². The number of thioether (sulfide) groups is 1. The van der Waals surface area contributed by atoms with Gasteiger partial charge in [0.05, 0.1) is 34.6 Å². The molecule has 2 aromatic rings. The quantitative estimate of drug-likeness (QED) is 0.167. The van der Waals surface area contributed by atoms with Crippen molar-refractivity contribution >= 4 is 64.3 Å². The monoisotopic (exact) mass is 518 g/mol. The highest BCUT2D eigenvalue weighted by Crippen LogP contribution is 2.45. The Hall–Kier alpha value is -4.05. The molecule has 16 heteroatoms. The summed E-state index contributed by atoms with van der Waals surface area (Å²) in [6.45, 7) is -0.0820. The lowest BCUT2D eigenvalue weighted by Gasteiger charge is -2.49. The number of primary amides is 1. The average Bonchev–Trinajstić information content (AvgIpc) is 3.24. The lowest BCUT2D eigenvalue weighted by atomic mass is 10.1. The number of carboxylic acids is 1. The van der Waals surface area contributed by atoms with Gasteiger partial charge in [0.25, 0.3) is 5.91 Å². The number of amides is 3. The van der Waals surface area contributed by atoms with Crippen molar-refractivity contribution < 1.29 is 33.7 Å². The van der Waals surface area contributed by atoms with Gasteiger partial charge in [0, 0.05) is 23.7 Å². The molecule has 2 aliphatic heterocycles. The van der Waals surface area contributed by atoms with E-state index in [1.165, 1.54) is 43.4 Å².